The van der Waals surface area contributed by atoms with E-state index in [-0.39, 0.29) is 17.4 Å². The van der Waals surface area contributed by atoms with Crippen molar-refractivity contribution in [3.8, 4) is 11.5 Å². The Kier molecular flexibility index (Phi) is 4.33. The van der Waals surface area contributed by atoms with Gasteiger partial charge in [0, 0.05) is 17.7 Å². The van der Waals surface area contributed by atoms with Crippen LogP contribution in [0.4, 0.5) is 5.69 Å². The molecule has 2 N–H and O–H groups in total. The van der Waals surface area contributed by atoms with Crippen LogP contribution < -0.4 is 10.1 Å². The number of rotatable bonds is 4. The van der Waals surface area contributed by atoms with Crippen LogP contribution in [0.25, 0.3) is 6.08 Å². The molecule has 5 heteroatoms. The topological polar surface area (TPSA) is 75.6 Å². The first-order valence-corrected chi connectivity index (χ1v) is 7.59. The second kappa shape index (κ2) is 6.58. The van der Waals surface area contributed by atoms with Crippen LogP contribution >= 0.6 is 0 Å². The Morgan fingerprint density at radius 3 is 2.83 bits per heavy atom. The van der Waals surface area contributed by atoms with E-state index >= 15 is 0 Å². The van der Waals surface area contributed by atoms with Gasteiger partial charge in [-0.1, -0.05) is 12.1 Å². The number of aryl methyl sites for hydroxylation is 1. The standard InChI is InChI=1S/C19H17NO4/c1-24-18-10-12(3-8-17(18)22)2-7-16(21)14-4-6-15-13(11-14)5-9-19(23)20-15/h2-4,6-8,10-11,22H,5,9H2,1H3,(H,20,23). The Morgan fingerprint density at radius 2 is 2.04 bits per heavy atom. The maximum atomic E-state index is 12.3. The summed E-state index contributed by atoms with van der Waals surface area (Å²) in [5.74, 6) is 0.288. The van der Waals surface area contributed by atoms with Gasteiger partial charge < -0.3 is 15.2 Å². The zero-order valence-corrected chi connectivity index (χ0v) is 13.2. The lowest BCUT2D eigenvalue weighted by atomic mass is 9.98. The third-order valence-corrected chi connectivity index (χ3v) is 3.92. The van der Waals surface area contributed by atoms with Crippen LogP contribution in [0.1, 0.15) is 27.9 Å². The SMILES string of the molecule is COc1cc(C=CC(=O)c2ccc3c(c2)CCC(=O)N3)ccc1O. The molecule has 0 radical (unpaired) electrons. The predicted octanol–water partition coefficient (Wildman–Crippen LogP) is 3.18. The quantitative estimate of drug-likeness (QED) is 0.669. The van der Waals surface area contributed by atoms with Gasteiger partial charge in [-0.05, 0) is 54.0 Å². The van der Waals surface area contributed by atoms with Crippen molar-refractivity contribution in [1.82, 2.24) is 0 Å². The number of aromatic hydroxyl groups is 1. The van der Waals surface area contributed by atoms with Crippen molar-refractivity contribution in [1.29, 1.82) is 0 Å². The van der Waals surface area contributed by atoms with Gasteiger partial charge in [-0.3, -0.25) is 9.59 Å². The molecule has 5 nitrogen and oxygen atoms in total. The number of amides is 1. The van der Waals surface area contributed by atoms with Crippen molar-refractivity contribution in [2.24, 2.45) is 0 Å². The van der Waals surface area contributed by atoms with Crippen LogP contribution in [-0.2, 0) is 11.2 Å². The van der Waals surface area contributed by atoms with Crippen LogP contribution in [-0.4, -0.2) is 23.9 Å². The molecule has 0 saturated carbocycles. The van der Waals surface area contributed by atoms with E-state index in [0.29, 0.717) is 24.2 Å². The number of hydrogen-bond donors (Lipinski definition) is 2. The summed E-state index contributed by atoms with van der Waals surface area (Å²) in [5.41, 5.74) is 3.07. The van der Waals surface area contributed by atoms with Crippen molar-refractivity contribution in [3.05, 3.63) is 59.2 Å². The van der Waals surface area contributed by atoms with E-state index < -0.39 is 0 Å². The van der Waals surface area contributed by atoms with Crippen LogP contribution in [0.2, 0.25) is 0 Å². The fraction of sp³-hybridized carbons (Fsp3) is 0.158. The Morgan fingerprint density at radius 1 is 1.21 bits per heavy atom. The van der Waals surface area contributed by atoms with Crippen LogP contribution in [0.15, 0.2) is 42.5 Å². The molecule has 3 rings (SSSR count). The fourth-order valence-corrected chi connectivity index (χ4v) is 2.60. The predicted molar refractivity (Wildman–Crippen MR) is 91.4 cm³/mol. The summed E-state index contributed by atoms with van der Waals surface area (Å²) in [4.78, 5) is 23.7. The van der Waals surface area contributed by atoms with E-state index in [4.69, 9.17) is 4.74 Å². The van der Waals surface area contributed by atoms with Gasteiger partial charge in [0.25, 0.3) is 0 Å². The number of benzene rings is 2. The monoisotopic (exact) mass is 323 g/mol. The minimum atomic E-state index is -0.123. The van der Waals surface area contributed by atoms with Crippen LogP contribution in [0, 0.1) is 0 Å². The number of methoxy groups -OCH3 is 1. The highest BCUT2D eigenvalue weighted by Crippen LogP contribution is 2.27. The molecule has 1 amide bonds. The smallest absolute Gasteiger partial charge is 0.224 e. The van der Waals surface area contributed by atoms with Crippen LogP contribution in [0.5, 0.6) is 11.5 Å². The maximum absolute atomic E-state index is 12.3. The van der Waals surface area contributed by atoms with E-state index in [0.717, 1.165) is 16.8 Å². The third kappa shape index (κ3) is 3.30. The number of carbonyl (C=O) groups excluding carboxylic acids is 2. The fourth-order valence-electron chi connectivity index (χ4n) is 2.60. The van der Waals surface area contributed by atoms with E-state index in [1.165, 1.54) is 19.3 Å². The molecule has 1 heterocycles. The zero-order chi connectivity index (χ0) is 17.1. The molecular formula is C19H17NO4. The summed E-state index contributed by atoms with van der Waals surface area (Å²) < 4.78 is 5.04. The molecule has 2 aromatic rings. The Labute approximate surface area is 139 Å². The minimum absolute atomic E-state index is 0.00255. The summed E-state index contributed by atoms with van der Waals surface area (Å²) in [7, 11) is 1.47. The number of fused-ring (bicyclic) bond motifs is 1. The second-order valence-corrected chi connectivity index (χ2v) is 5.55. The first-order valence-electron chi connectivity index (χ1n) is 7.59. The van der Waals surface area contributed by atoms with Crippen molar-refractivity contribution < 1.29 is 19.4 Å². The van der Waals surface area contributed by atoms with Crippen molar-refractivity contribution in [3.63, 3.8) is 0 Å². The van der Waals surface area contributed by atoms with Gasteiger partial charge in [-0.25, -0.2) is 0 Å². The molecule has 1 aliphatic rings. The van der Waals surface area contributed by atoms with Gasteiger partial charge in [-0.15, -0.1) is 0 Å². The number of allylic oxidation sites excluding steroid dienone is 1. The van der Waals surface area contributed by atoms with Gasteiger partial charge in [-0.2, -0.15) is 0 Å². The molecule has 24 heavy (non-hydrogen) atoms. The average Bonchev–Trinajstić information content (AvgIpc) is 2.60. The summed E-state index contributed by atoms with van der Waals surface area (Å²) >= 11 is 0. The molecule has 0 saturated heterocycles. The van der Waals surface area contributed by atoms with E-state index in [1.54, 1.807) is 30.3 Å². The number of phenols is 1. The van der Waals surface area contributed by atoms with E-state index in [1.807, 2.05) is 6.07 Å². The molecule has 1 aliphatic heterocycles. The highest BCUT2D eigenvalue weighted by molar-refractivity contribution is 6.07. The number of ketones is 1. The number of ether oxygens (including phenoxy) is 1. The first-order chi connectivity index (χ1) is 11.6. The second-order valence-electron chi connectivity index (χ2n) is 5.55. The van der Waals surface area contributed by atoms with Crippen molar-refractivity contribution in [2.75, 3.05) is 12.4 Å². The lowest BCUT2D eigenvalue weighted by Crippen LogP contribution is -2.19. The molecule has 0 fully saturated rings. The molecule has 0 unspecified atom stereocenters. The Hall–Kier alpha value is -3.08. The number of anilines is 1. The molecule has 122 valence electrons. The number of phenolic OH excluding ortho intramolecular Hbond substituents is 1. The van der Waals surface area contributed by atoms with Gasteiger partial charge in [0.15, 0.2) is 17.3 Å². The highest BCUT2D eigenvalue weighted by Gasteiger charge is 2.15. The molecule has 2 aromatic carbocycles. The average molecular weight is 323 g/mol. The van der Waals surface area contributed by atoms with Gasteiger partial charge in [0.2, 0.25) is 5.91 Å². The maximum Gasteiger partial charge on any atom is 0.224 e. The summed E-state index contributed by atoms with van der Waals surface area (Å²) in [6, 6.07) is 10.2. The molecule has 0 atom stereocenters. The van der Waals surface area contributed by atoms with Crippen LogP contribution in [0.3, 0.4) is 0 Å². The zero-order valence-electron chi connectivity index (χ0n) is 13.2. The lowest BCUT2D eigenvalue weighted by Gasteiger charge is -2.16. The van der Waals surface area contributed by atoms with Crippen molar-refractivity contribution in [2.45, 2.75) is 12.8 Å². The largest absolute Gasteiger partial charge is 0.504 e. The third-order valence-electron chi connectivity index (χ3n) is 3.92. The Balaban J connectivity index is 1.79. The highest BCUT2D eigenvalue weighted by atomic mass is 16.5. The molecule has 0 aromatic heterocycles. The minimum Gasteiger partial charge on any atom is -0.504 e. The normalized spacial score (nSPS) is 13.5. The van der Waals surface area contributed by atoms with E-state index in [2.05, 4.69) is 5.32 Å². The molecule has 0 bridgehead atoms. The summed E-state index contributed by atoms with van der Waals surface area (Å²) in [5, 5.41) is 12.4. The van der Waals surface area contributed by atoms with Crippen molar-refractivity contribution >= 4 is 23.5 Å². The van der Waals surface area contributed by atoms with E-state index in [9.17, 15) is 14.7 Å². The number of carbonyl (C=O) groups is 2. The molecular weight excluding hydrogens is 306 g/mol. The number of hydrogen-bond acceptors (Lipinski definition) is 4. The summed E-state index contributed by atoms with van der Waals surface area (Å²) in [6.45, 7) is 0. The van der Waals surface area contributed by atoms with Gasteiger partial charge in [0.05, 0.1) is 7.11 Å². The van der Waals surface area contributed by atoms with Gasteiger partial charge >= 0.3 is 0 Å². The number of nitrogens with one attached hydrogen (secondary N) is 1. The lowest BCUT2D eigenvalue weighted by molar-refractivity contribution is -0.116. The summed E-state index contributed by atoms with van der Waals surface area (Å²) in [6.07, 6.45) is 4.23. The Bertz CT molecular complexity index is 839. The molecule has 0 aliphatic carbocycles. The molecule has 0 spiro atoms. The first kappa shape index (κ1) is 15.8. The van der Waals surface area contributed by atoms with Gasteiger partial charge in [0.1, 0.15) is 0 Å².